The van der Waals surface area contributed by atoms with E-state index < -0.39 is 6.09 Å². The Balaban J connectivity index is 2.93. The summed E-state index contributed by atoms with van der Waals surface area (Å²) in [5.74, 6) is 0.282. The summed E-state index contributed by atoms with van der Waals surface area (Å²) in [5, 5.41) is 2.42. The number of methoxy groups -OCH3 is 2. The van der Waals surface area contributed by atoms with E-state index >= 15 is 0 Å². The maximum atomic E-state index is 10.9. The molecule has 0 aliphatic carbocycles. The second kappa shape index (κ2) is 4.31. The van der Waals surface area contributed by atoms with Crippen LogP contribution in [0.25, 0.3) is 0 Å². The van der Waals surface area contributed by atoms with Crippen LogP contribution in [0.1, 0.15) is 0 Å². The van der Waals surface area contributed by atoms with Crippen LogP contribution in [0.4, 0.5) is 16.2 Å². The van der Waals surface area contributed by atoms with Gasteiger partial charge in [-0.1, -0.05) is 0 Å². The van der Waals surface area contributed by atoms with E-state index in [1.54, 1.807) is 0 Å². The molecule has 0 radical (unpaired) electrons. The van der Waals surface area contributed by atoms with E-state index in [1.165, 1.54) is 26.5 Å². The largest absolute Gasteiger partial charge is 0.480 e. The first kappa shape index (κ1) is 10.1. The number of nitrogens with zero attached hydrogens (tertiary/aromatic N) is 1. The van der Waals surface area contributed by atoms with Crippen LogP contribution in [0, 0.1) is 0 Å². The summed E-state index contributed by atoms with van der Waals surface area (Å²) < 4.78 is 9.33. The van der Waals surface area contributed by atoms with Gasteiger partial charge in [0.25, 0.3) is 0 Å². The van der Waals surface area contributed by atoms with E-state index in [0.29, 0.717) is 11.4 Å². The van der Waals surface area contributed by atoms with Gasteiger partial charge < -0.3 is 15.2 Å². The zero-order valence-corrected chi connectivity index (χ0v) is 7.90. The zero-order valence-electron chi connectivity index (χ0n) is 7.90. The fourth-order valence-electron chi connectivity index (χ4n) is 0.882. The van der Waals surface area contributed by atoms with E-state index in [9.17, 15) is 4.79 Å². The molecule has 0 aromatic carbocycles. The SMILES string of the molecule is COC(=O)Nc1cc(N)cnc1OC. The first-order valence-corrected chi connectivity index (χ1v) is 3.82. The van der Waals surface area contributed by atoms with Gasteiger partial charge >= 0.3 is 6.09 Å². The highest BCUT2D eigenvalue weighted by atomic mass is 16.5. The molecule has 1 aromatic rings. The van der Waals surface area contributed by atoms with E-state index in [1.807, 2.05) is 0 Å². The summed E-state index contributed by atoms with van der Waals surface area (Å²) in [7, 11) is 2.71. The molecule has 0 unspecified atom stereocenters. The third kappa shape index (κ3) is 2.25. The Morgan fingerprint density at radius 1 is 1.57 bits per heavy atom. The van der Waals surface area contributed by atoms with Crippen LogP contribution in [-0.4, -0.2) is 25.3 Å². The minimum absolute atomic E-state index is 0.282. The number of carbonyl (C=O) groups is 1. The summed E-state index contributed by atoms with van der Waals surface area (Å²) in [6, 6.07) is 1.53. The van der Waals surface area contributed by atoms with Gasteiger partial charge in [-0.15, -0.1) is 0 Å². The lowest BCUT2D eigenvalue weighted by atomic mass is 10.3. The Bertz CT molecular complexity index is 341. The van der Waals surface area contributed by atoms with Gasteiger partial charge in [-0.25, -0.2) is 9.78 Å². The van der Waals surface area contributed by atoms with Gasteiger partial charge in [0.15, 0.2) is 0 Å². The van der Waals surface area contributed by atoms with Gasteiger partial charge in [0.1, 0.15) is 5.69 Å². The molecule has 0 bridgehead atoms. The Labute approximate surface area is 81.0 Å². The molecule has 3 N–H and O–H groups in total. The molecule has 1 heterocycles. The highest BCUT2D eigenvalue weighted by Crippen LogP contribution is 2.23. The van der Waals surface area contributed by atoms with E-state index in [0.717, 1.165) is 0 Å². The van der Waals surface area contributed by atoms with Crippen molar-refractivity contribution in [3.63, 3.8) is 0 Å². The molecule has 0 atom stereocenters. The van der Waals surface area contributed by atoms with Crippen LogP contribution in [0.2, 0.25) is 0 Å². The summed E-state index contributed by atoms with van der Waals surface area (Å²) in [5.41, 5.74) is 6.29. The lowest BCUT2D eigenvalue weighted by Gasteiger charge is -2.08. The molecule has 1 rings (SSSR count). The topological polar surface area (TPSA) is 86.5 Å². The number of nitrogens with two attached hydrogens (primary N) is 1. The van der Waals surface area contributed by atoms with Gasteiger partial charge in [-0.05, 0) is 6.07 Å². The van der Waals surface area contributed by atoms with E-state index in [-0.39, 0.29) is 5.88 Å². The average Bonchev–Trinajstić information content (AvgIpc) is 2.18. The minimum Gasteiger partial charge on any atom is -0.480 e. The molecule has 0 fully saturated rings. The fraction of sp³-hybridized carbons (Fsp3) is 0.250. The molecule has 14 heavy (non-hydrogen) atoms. The van der Waals surface area contributed by atoms with Crippen LogP contribution in [0.3, 0.4) is 0 Å². The first-order valence-electron chi connectivity index (χ1n) is 3.82. The van der Waals surface area contributed by atoms with Gasteiger partial charge in [-0.2, -0.15) is 0 Å². The number of aromatic nitrogens is 1. The summed E-state index contributed by atoms with van der Waals surface area (Å²) in [6.07, 6.45) is 0.831. The van der Waals surface area contributed by atoms with Crippen molar-refractivity contribution < 1.29 is 14.3 Å². The number of ether oxygens (including phenoxy) is 2. The lowest BCUT2D eigenvalue weighted by Crippen LogP contribution is -2.12. The van der Waals surface area contributed by atoms with Crippen molar-refractivity contribution in [2.75, 3.05) is 25.3 Å². The molecule has 0 saturated heterocycles. The number of nitrogen functional groups attached to an aromatic ring is 1. The predicted molar refractivity (Wildman–Crippen MR) is 51.2 cm³/mol. The molecule has 0 saturated carbocycles. The fourth-order valence-corrected chi connectivity index (χ4v) is 0.882. The average molecular weight is 197 g/mol. The second-order valence-corrected chi connectivity index (χ2v) is 2.44. The van der Waals surface area contributed by atoms with Crippen molar-refractivity contribution in [1.29, 1.82) is 0 Å². The molecular formula is C8H11N3O3. The normalized spacial score (nSPS) is 9.29. The monoisotopic (exact) mass is 197 g/mol. The van der Waals surface area contributed by atoms with Gasteiger partial charge in [-0.3, -0.25) is 5.32 Å². The maximum absolute atomic E-state index is 10.9. The number of amides is 1. The predicted octanol–water partition coefficient (Wildman–Crippen LogP) is 0.851. The third-order valence-electron chi connectivity index (χ3n) is 1.49. The van der Waals surface area contributed by atoms with E-state index in [2.05, 4.69) is 15.0 Å². The van der Waals surface area contributed by atoms with Crippen molar-refractivity contribution in [2.45, 2.75) is 0 Å². The molecule has 76 valence electrons. The van der Waals surface area contributed by atoms with Crippen molar-refractivity contribution in [3.8, 4) is 5.88 Å². The highest BCUT2D eigenvalue weighted by Gasteiger charge is 2.08. The van der Waals surface area contributed by atoms with Crippen LogP contribution >= 0.6 is 0 Å². The van der Waals surface area contributed by atoms with Crippen LogP contribution in [0.5, 0.6) is 5.88 Å². The quantitative estimate of drug-likeness (QED) is 0.733. The molecule has 1 aromatic heterocycles. The highest BCUT2D eigenvalue weighted by molar-refractivity contribution is 5.86. The Morgan fingerprint density at radius 3 is 2.86 bits per heavy atom. The molecular weight excluding hydrogens is 186 g/mol. The smallest absolute Gasteiger partial charge is 0.411 e. The number of anilines is 2. The summed E-state index contributed by atoms with van der Waals surface area (Å²) in [6.45, 7) is 0. The van der Waals surface area contributed by atoms with Crippen molar-refractivity contribution in [2.24, 2.45) is 0 Å². The number of hydrogen-bond acceptors (Lipinski definition) is 5. The van der Waals surface area contributed by atoms with E-state index in [4.69, 9.17) is 10.5 Å². The summed E-state index contributed by atoms with van der Waals surface area (Å²) >= 11 is 0. The first-order chi connectivity index (χ1) is 6.67. The molecule has 0 spiro atoms. The minimum atomic E-state index is -0.601. The maximum Gasteiger partial charge on any atom is 0.411 e. The van der Waals surface area contributed by atoms with Crippen molar-refractivity contribution in [3.05, 3.63) is 12.3 Å². The lowest BCUT2D eigenvalue weighted by molar-refractivity contribution is 0.186. The van der Waals surface area contributed by atoms with Crippen molar-refractivity contribution >= 4 is 17.5 Å². The standard InChI is InChI=1S/C8H11N3O3/c1-13-7-6(11-8(12)14-2)3-5(9)4-10-7/h3-4H,9H2,1-2H3,(H,11,12). The zero-order chi connectivity index (χ0) is 10.6. The molecule has 6 heteroatoms. The number of pyridine rings is 1. The van der Waals surface area contributed by atoms with Crippen LogP contribution < -0.4 is 15.8 Å². The van der Waals surface area contributed by atoms with Gasteiger partial charge in [0.2, 0.25) is 5.88 Å². The Morgan fingerprint density at radius 2 is 2.29 bits per heavy atom. The number of rotatable bonds is 2. The van der Waals surface area contributed by atoms with Crippen molar-refractivity contribution in [1.82, 2.24) is 4.98 Å². The number of carbonyl (C=O) groups excluding carboxylic acids is 1. The van der Waals surface area contributed by atoms with Crippen LogP contribution in [-0.2, 0) is 4.74 Å². The number of hydrogen-bond donors (Lipinski definition) is 2. The van der Waals surface area contributed by atoms with Gasteiger partial charge in [0, 0.05) is 0 Å². The molecule has 6 nitrogen and oxygen atoms in total. The summed E-state index contributed by atoms with van der Waals surface area (Å²) in [4.78, 5) is 14.8. The molecule has 0 aliphatic rings. The molecule has 0 aliphatic heterocycles. The Kier molecular flexibility index (Phi) is 3.11. The number of nitrogens with one attached hydrogen (secondary N) is 1. The Hall–Kier alpha value is -1.98. The second-order valence-electron chi connectivity index (χ2n) is 2.44. The third-order valence-corrected chi connectivity index (χ3v) is 1.49. The van der Waals surface area contributed by atoms with Gasteiger partial charge in [0.05, 0.1) is 26.1 Å². The van der Waals surface area contributed by atoms with Crippen LogP contribution in [0.15, 0.2) is 12.3 Å². The molecule has 1 amide bonds.